The van der Waals surface area contributed by atoms with Crippen LogP contribution >= 0.6 is 0 Å². The quantitative estimate of drug-likeness (QED) is 0.889. The van der Waals surface area contributed by atoms with Gasteiger partial charge in [-0.05, 0) is 18.9 Å². The van der Waals surface area contributed by atoms with Crippen LogP contribution in [0.1, 0.15) is 43.0 Å². The second-order valence-electron chi connectivity index (χ2n) is 5.94. The van der Waals surface area contributed by atoms with Crippen LogP contribution in [-0.2, 0) is 24.3 Å². The van der Waals surface area contributed by atoms with Crippen LogP contribution in [0.25, 0.3) is 0 Å². The van der Waals surface area contributed by atoms with Crippen LogP contribution in [0.4, 0.5) is 4.39 Å². The molecule has 1 aromatic heterocycles. The van der Waals surface area contributed by atoms with Gasteiger partial charge >= 0.3 is 0 Å². The normalized spacial score (nSPS) is 18.7. The highest BCUT2D eigenvalue weighted by Crippen LogP contribution is 2.23. The van der Waals surface area contributed by atoms with Gasteiger partial charge in [-0.2, -0.15) is 5.10 Å². The number of rotatable bonds is 6. The molecule has 5 nitrogen and oxygen atoms in total. The highest BCUT2D eigenvalue weighted by molar-refractivity contribution is 5.21. The summed E-state index contributed by atoms with van der Waals surface area (Å²) in [5, 5.41) is 8.07. The van der Waals surface area contributed by atoms with E-state index in [0.29, 0.717) is 6.61 Å². The molecule has 0 saturated heterocycles. The molecule has 0 spiro atoms. The molecule has 0 unspecified atom stereocenters. The fourth-order valence-electron chi connectivity index (χ4n) is 3.16. The third-order valence-corrected chi connectivity index (χ3v) is 4.30. The van der Waals surface area contributed by atoms with Gasteiger partial charge in [-0.15, -0.1) is 0 Å². The summed E-state index contributed by atoms with van der Waals surface area (Å²) in [6, 6.07) is 7.28. The Morgan fingerprint density at radius 3 is 3.00 bits per heavy atom. The maximum atomic E-state index is 14.0. The number of nitrogens with zero attached hydrogens (tertiary/aromatic N) is 3. The van der Waals surface area contributed by atoms with Crippen LogP contribution in [0.15, 0.2) is 24.3 Å². The van der Waals surface area contributed by atoms with E-state index in [1.165, 1.54) is 6.07 Å². The summed E-state index contributed by atoms with van der Waals surface area (Å²) < 4.78 is 21.1. The van der Waals surface area contributed by atoms with Crippen LogP contribution in [-0.4, -0.2) is 27.9 Å². The first-order valence-electron chi connectivity index (χ1n) is 8.13. The Morgan fingerprint density at radius 2 is 2.26 bits per heavy atom. The first kappa shape index (κ1) is 16.1. The summed E-state index contributed by atoms with van der Waals surface area (Å²) >= 11 is 0. The molecule has 0 bridgehead atoms. The zero-order valence-corrected chi connectivity index (χ0v) is 13.6. The molecule has 1 N–H and O–H groups in total. The van der Waals surface area contributed by atoms with Gasteiger partial charge in [0.1, 0.15) is 18.2 Å². The fraction of sp³-hybridized carbons (Fsp3) is 0.529. The zero-order chi connectivity index (χ0) is 16.2. The molecule has 0 radical (unpaired) electrons. The van der Waals surface area contributed by atoms with E-state index >= 15 is 0 Å². The maximum absolute atomic E-state index is 14.0. The first-order chi connectivity index (χ1) is 11.2. The first-order valence-corrected chi connectivity index (χ1v) is 8.13. The Morgan fingerprint density at radius 1 is 1.43 bits per heavy atom. The Labute approximate surface area is 135 Å². The van der Waals surface area contributed by atoms with Crippen molar-refractivity contribution in [1.82, 2.24) is 20.1 Å². The number of methoxy groups -OCH3 is 1. The Hall–Kier alpha value is -1.79. The van der Waals surface area contributed by atoms with E-state index in [9.17, 15) is 4.39 Å². The number of hydrogen-bond acceptors (Lipinski definition) is 4. The Kier molecular flexibility index (Phi) is 5.03. The predicted molar refractivity (Wildman–Crippen MR) is 85.4 cm³/mol. The molecule has 0 amide bonds. The van der Waals surface area contributed by atoms with Crippen molar-refractivity contribution in [3.8, 4) is 0 Å². The molecule has 2 atom stereocenters. The molecule has 2 aromatic rings. The van der Waals surface area contributed by atoms with E-state index in [1.807, 2.05) is 16.8 Å². The van der Waals surface area contributed by atoms with Crippen molar-refractivity contribution in [2.75, 3.05) is 7.11 Å². The van der Waals surface area contributed by atoms with Crippen molar-refractivity contribution in [3.63, 3.8) is 0 Å². The van der Waals surface area contributed by atoms with Gasteiger partial charge in [0.15, 0.2) is 5.82 Å². The molecule has 3 rings (SSSR count). The number of hydrogen-bond donors (Lipinski definition) is 1. The van der Waals surface area contributed by atoms with E-state index in [2.05, 4.69) is 22.3 Å². The molecule has 6 heteroatoms. The fourth-order valence-corrected chi connectivity index (χ4v) is 3.16. The summed E-state index contributed by atoms with van der Waals surface area (Å²) in [7, 11) is 1.64. The smallest absolute Gasteiger partial charge is 0.176 e. The lowest BCUT2D eigenvalue weighted by atomic mass is 10.0. The van der Waals surface area contributed by atoms with E-state index in [4.69, 9.17) is 4.74 Å². The van der Waals surface area contributed by atoms with Gasteiger partial charge in [0.05, 0.1) is 6.54 Å². The predicted octanol–water partition coefficient (Wildman–Crippen LogP) is 2.62. The van der Waals surface area contributed by atoms with Crippen molar-refractivity contribution in [2.24, 2.45) is 0 Å². The molecule has 0 saturated carbocycles. The number of nitrogens with one attached hydrogen (secondary N) is 1. The third kappa shape index (κ3) is 3.59. The summed E-state index contributed by atoms with van der Waals surface area (Å²) in [6.07, 6.45) is 2.70. The van der Waals surface area contributed by atoms with E-state index in [0.717, 1.165) is 43.0 Å². The number of fused-ring (bicyclic) bond motifs is 1. The van der Waals surface area contributed by atoms with Crippen LogP contribution in [0.3, 0.4) is 0 Å². The highest BCUT2D eigenvalue weighted by atomic mass is 19.1. The topological polar surface area (TPSA) is 52.0 Å². The van der Waals surface area contributed by atoms with Gasteiger partial charge in [0.25, 0.3) is 0 Å². The van der Waals surface area contributed by atoms with E-state index in [-0.39, 0.29) is 17.9 Å². The standard InChI is InChI=1S/C17H23FN4O/c1-3-15(13-6-4-5-7-14(13)18)19-12-8-9-17-20-16(11-23-2)21-22(17)10-12/h4-7,12,15,19H,3,8-11H2,1-2H3/t12-,15-/m0/s1. The van der Waals surface area contributed by atoms with Crippen molar-refractivity contribution >= 4 is 0 Å². The number of ether oxygens (including phenoxy) is 1. The molecule has 1 aliphatic heterocycles. The van der Waals surface area contributed by atoms with Gasteiger partial charge in [0, 0.05) is 31.2 Å². The van der Waals surface area contributed by atoms with Crippen LogP contribution < -0.4 is 5.32 Å². The number of benzene rings is 1. The van der Waals surface area contributed by atoms with Crippen molar-refractivity contribution in [3.05, 3.63) is 47.3 Å². The minimum atomic E-state index is -0.147. The Bertz CT molecular complexity index is 658. The number of halogens is 1. The molecule has 0 fully saturated rings. The molecular weight excluding hydrogens is 295 g/mol. The lowest BCUT2D eigenvalue weighted by Crippen LogP contribution is -2.40. The van der Waals surface area contributed by atoms with Crippen LogP contribution in [0, 0.1) is 5.82 Å². The molecule has 1 aliphatic rings. The molecule has 2 heterocycles. The van der Waals surface area contributed by atoms with Crippen molar-refractivity contribution in [1.29, 1.82) is 0 Å². The summed E-state index contributed by atoms with van der Waals surface area (Å²) in [5.41, 5.74) is 0.736. The van der Waals surface area contributed by atoms with Crippen LogP contribution in [0.2, 0.25) is 0 Å². The Balaban J connectivity index is 1.69. The van der Waals surface area contributed by atoms with Gasteiger partial charge < -0.3 is 10.1 Å². The largest absolute Gasteiger partial charge is 0.377 e. The van der Waals surface area contributed by atoms with Gasteiger partial charge in [-0.3, -0.25) is 0 Å². The highest BCUT2D eigenvalue weighted by Gasteiger charge is 2.24. The summed E-state index contributed by atoms with van der Waals surface area (Å²) in [6.45, 7) is 3.27. The van der Waals surface area contributed by atoms with Gasteiger partial charge in [-0.1, -0.05) is 25.1 Å². The minimum Gasteiger partial charge on any atom is -0.377 e. The summed E-state index contributed by atoms with van der Waals surface area (Å²) in [5.74, 6) is 1.59. The molecule has 124 valence electrons. The van der Waals surface area contributed by atoms with Gasteiger partial charge in [-0.25, -0.2) is 14.1 Å². The molecule has 1 aromatic carbocycles. The average Bonchev–Trinajstić information content (AvgIpc) is 2.95. The zero-order valence-electron chi connectivity index (χ0n) is 13.6. The van der Waals surface area contributed by atoms with E-state index < -0.39 is 0 Å². The lowest BCUT2D eigenvalue weighted by molar-refractivity contribution is 0.177. The SMILES string of the molecule is CC[C@H](N[C@H]1CCc2nc(COC)nn2C1)c1ccccc1F. The second kappa shape index (κ2) is 7.19. The number of aromatic nitrogens is 3. The third-order valence-electron chi connectivity index (χ3n) is 4.30. The molecule has 23 heavy (non-hydrogen) atoms. The summed E-state index contributed by atoms with van der Waals surface area (Å²) in [4.78, 5) is 4.49. The maximum Gasteiger partial charge on any atom is 0.176 e. The monoisotopic (exact) mass is 318 g/mol. The average molecular weight is 318 g/mol. The number of aryl methyl sites for hydroxylation is 1. The van der Waals surface area contributed by atoms with Crippen LogP contribution in [0.5, 0.6) is 0 Å². The van der Waals surface area contributed by atoms with Crippen molar-refractivity contribution < 1.29 is 9.13 Å². The van der Waals surface area contributed by atoms with Gasteiger partial charge in [0.2, 0.25) is 0 Å². The second-order valence-corrected chi connectivity index (χ2v) is 5.94. The van der Waals surface area contributed by atoms with E-state index in [1.54, 1.807) is 13.2 Å². The molecular formula is C17H23FN4O. The lowest BCUT2D eigenvalue weighted by Gasteiger charge is -2.28. The minimum absolute atomic E-state index is 0.0183. The molecule has 0 aliphatic carbocycles. The van der Waals surface area contributed by atoms with Crippen molar-refractivity contribution in [2.45, 2.75) is 51.4 Å².